The third-order valence-electron chi connectivity index (χ3n) is 5.83. The maximum absolute atomic E-state index is 13.1. The van der Waals surface area contributed by atoms with Gasteiger partial charge in [-0.25, -0.2) is 9.59 Å². The van der Waals surface area contributed by atoms with E-state index in [0.29, 0.717) is 17.9 Å². The van der Waals surface area contributed by atoms with Crippen molar-refractivity contribution in [1.82, 2.24) is 10.2 Å². The first-order chi connectivity index (χ1) is 16.0. The summed E-state index contributed by atoms with van der Waals surface area (Å²) in [6.45, 7) is 8.61. The number of carbonyl (C=O) groups is 5. The largest absolute Gasteiger partial charge is 0.511 e. The highest BCUT2D eigenvalue weighted by atomic mass is 32.2. The Morgan fingerprint density at radius 2 is 1.88 bits per heavy atom. The van der Waals surface area contributed by atoms with Gasteiger partial charge in [0, 0.05) is 42.9 Å². The van der Waals surface area contributed by atoms with Crippen LogP contribution in [0.15, 0.2) is 10.6 Å². The Balaban J connectivity index is 1.80. The van der Waals surface area contributed by atoms with Crippen molar-refractivity contribution in [2.75, 3.05) is 13.2 Å². The Hall–Kier alpha value is -2.76. The predicted molar refractivity (Wildman–Crippen MR) is 119 cm³/mol. The van der Waals surface area contributed by atoms with Crippen LogP contribution in [-0.2, 0) is 38.1 Å². The second kappa shape index (κ2) is 10.7. The molecule has 0 saturated carbocycles. The Labute approximate surface area is 201 Å². The number of nitrogens with one attached hydrogen (secondary N) is 1. The highest BCUT2D eigenvalue weighted by Gasteiger charge is 2.61. The monoisotopic (exact) mass is 498 g/mol. The topological polar surface area (TPSA) is 138 Å². The Morgan fingerprint density at radius 3 is 2.47 bits per heavy atom. The lowest BCUT2D eigenvalue weighted by Gasteiger charge is -2.47. The molecule has 1 N–H and O–H groups in total. The average molecular weight is 499 g/mol. The molecule has 2 saturated heterocycles. The molecule has 0 aromatic carbocycles. The van der Waals surface area contributed by atoms with E-state index < -0.39 is 42.4 Å². The van der Waals surface area contributed by atoms with Gasteiger partial charge in [0.2, 0.25) is 18.1 Å². The first-order valence-corrected chi connectivity index (χ1v) is 12.1. The molecule has 3 aliphatic rings. The van der Waals surface area contributed by atoms with E-state index in [0.717, 1.165) is 0 Å². The first-order valence-electron chi connectivity index (χ1n) is 11.3. The fraction of sp³-hybridized carbons (Fsp3) is 0.682. The summed E-state index contributed by atoms with van der Waals surface area (Å²) in [5, 5.41) is 2.65. The van der Waals surface area contributed by atoms with E-state index in [1.54, 1.807) is 6.92 Å². The van der Waals surface area contributed by atoms with Gasteiger partial charge in [-0.05, 0) is 13.3 Å². The van der Waals surface area contributed by atoms with Crippen molar-refractivity contribution in [2.45, 2.75) is 71.1 Å². The zero-order valence-electron chi connectivity index (χ0n) is 19.8. The van der Waals surface area contributed by atoms with Gasteiger partial charge < -0.3 is 29.2 Å². The number of esters is 2. The summed E-state index contributed by atoms with van der Waals surface area (Å²) in [4.78, 5) is 63.0. The summed E-state index contributed by atoms with van der Waals surface area (Å²) in [7, 11) is 0. The highest BCUT2D eigenvalue weighted by Crippen LogP contribution is 2.52. The van der Waals surface area contributed by atoms with Gasteiger partial charge in [-0.15, -0.1) is 11.8 Å². The van der Waals surface area contributed by atoms with Crippen LogP contribution in [0.25, 0.3) is 0 Å². The quantitative estimate of drug-likeness (QED) is 0.216. The number of hydrogen-bond acceptors (Lipinski definition) is 10. The van der Waals surface area contributed by atoms with E-state index in [1.807, 2.05) is 13.8 Å². The Kier molecular flexibility index (Phi) is 8.11. The summed E-state index contributed by atoms with van der Waals surface area (Å²) in [5.74, 6) is -2.62. The number of thioether (sulfide) groups is 1. The molecule has 11 nitrogen and oxygen atoms in total. The van der Waals surface area contributed by atoms with E-state index >= 15 is 0 Å². The van der Waals surface area contributed by atoms with Crippen LogP contribution in [0.2, 0.25) is 0 Å². The predicted octanol–water partition coefficient (Wildman–Crippen LogP) is 1.70. The maximum atomic E-state index is 13.1. The first kappa shape index (κ1) is 25.9. The van der Waals surface area contributed by atoms with Gasteiger partial charge in [-0.2, -0.15) is 0 Å². The molecule has 2 amide bonds. The highest BCUT2D eigenvalue weighted by molar-refractivity contribution is 8.03. The van der Waals surface area contributed by atoms with Crippen LogP contribution in [0.3, 0.4) is 0 Å². The molecule has 0 radical (unpaired) electrons. The number of carbonyl (C=O) groups excluding carboxylic acids is 5. The zero-order chi connectivity index (χ0) is 25.2. The minimum Gasteiger partial charge on any atom is -0.462 e. The fourth-order valence-electron chi connectivity index (χ4n) is 4.42. The van der Waals surface area contributed by atoms with Gasteiger partial charge in [-0.3, -0.25) is 14.4 Å². The third-order valence-corrected chi connectivity index (χ3v) is 7.32. The van der Waals surface area contributed by atoms with Crippen molar-refractivity contribution in [3.63, 3.8) is 0 Å². The maximum Gasteiger partial charge on any atom is 0.511 e. The van der Waals surface area contributed by atoms with Crippen LogP contribution in [0.5, 0.6) is 0 Å². The minimum absolute atomic E-state index is 0.0653. The lowest BCUT2D eigenvalue weighted by Crippen LogP contribution is -2.64. The number of rotatable bonds is 9. The van der Waals surface area contributed by atoms with Crippen molar-refractivity contribution in [2.24, 2.45) is 11.8 Å². The molecule has 0 spiro atoms. The zero-order valence-corrected chi connectivity index (χ0v) is 20.6. The van der Waals surface area contributed by atoms with Crippen molar-refractivity contribution in [1.29, 1.82) is 0 Å². The lowest BCUT2D eigenvalue weighted by molar-refractivity contribution is -0.177. The smallest absolute Gasteiger partial charge is 0.462 e. The van der Waals surface area contributed by atoms with Crippen molar-refractivity contribution in [3.05, 3.63) is 10.6 Å². The van der Waals surface area contributed by atoms with Gasteiger partial charge >= 0.3 is 18.1 Å². The number of amides is 2. The molecular formula is C22H30N2O9S. The van der Waals surface area contributed by atoms with Crippen LogP contribution >= 0.6 is 11.8 Å². The van der Waals surface area contributed by atoms with Gasteiger partial charge in [0.15, 0.2) is 0 Å². The molecule has 3 rings (SSSR count). The van der Waals surface area contributed by atoms with Crippen LogP contribution in [-0.4, -0.2) is 71.6 Å². The van der Waals surface area contributed by atoms with Crippen LogP contribution in [0, 0.1) is 11.8 Å². The van der Waals surface area contributed by atoms with Crippen molar-refractivity contribution in [3.8, 4) is 0 Å². The van der Waals surface area contributed by atoms with Crippen LogP contribution < -0.4 is 5.32 Å². The second-order valence-electron chi connectivity index (χ2n) is 8.48. The van der Waals surface area contributed by atoms with Crippen molar-refractivity contribution < 1.29 is 42.9 Å². The molecule has 34 heavy (non-hydrogen) atoms. The number of ether oxygens (including phenoxy) is 4. The fourth-order valence-corrected chi connectivity index (χ4v) is 5.83. The molecule has 3 heterocycles. The SMILES string of the molecule is CCCOC(=O)OC(C)OC(=O)C1=C(SC2CNC(=O)C2)[C@H](C)C2C([C@@H](C)OC(C)=O)C(=O)N12. The molecule has 0 bridgehead atoms. The number of β-lactam (4-membered cyclic amide) rings is 1. The molecule has 0 aromatic heterocycles. The lowest BCUT2D eigenvalue weighted by atomic mass is 9.79. The molecule has 0 aliphatic carbocycles. The Bertz CT molecular complexity index is 905. The molecule has 12 heteroatoms. The van der Waals surface area contributed by atoms with Gasteiger partial charge in [-0.1, -0.05) is 13.8 Å². The summed E-state index contributed by atoms with van der Waals surface area (Å²) in [6.07, 6.45) is -1.97. The van der Waals surface area contributed by atoms with E-state index in [1.165, 1.54) is 30.5 Å². The molecule has 188 valence electrons. The average Bonchev–Trinajstić information content (AvgIpc) is 3.25. The number of hydrogen-bond donors (Lipinski definition) is 1. The van der Waals surface area contributed by atoms with Gasteiger partial charge in [0.1, 0.15) is 11.8 Å². The van der Waals surface area contributed by atoms with Gasteiger partial charge in [0.05, 0.1) is 18.6 Å². The summed E-state index contributed by atoms with van der Waals surface area (Å²) >= 11 is 1.35. The van der Waals surface area contributed by atoms with Crippen LogP contribution in [0.4, 0.5) is 4.79 Å². The molecular weight excluding hydrogens is 468 g/mol. The van der Waals surface area contributed by atoms with Crippen molar-refractivity contribution >= 4 is 41.7 Å². The Morgan fingerprint density at radius 1 is 1.18 bits per heavy atom. The van der Waals surface area contributed by atoms with Crippen LogP contribution in [0.1, 0.15) is 47.5 Å². The summed E-state index contributed by atoms with van der Waals surface area (Å²) in [6, 6.07) is -0.400. The normalized spacial score (nSPS) is 27.4. The number of nitrogens with zero attached hydrogens (tertiary/aromatic N) is 1. The minimum atomic E-state index is -1.24. The molecule has 6 atom stereocenters. The molecule has 0 aromatic rings. The summed E-state index contributed by atoms with van der Waals surface area (Å²) < 4.78 is 20.3. The van der Waals surface area contributed by atoms with E-state index in [9.17, 15) is 24.0 Å². The third kappa shape index (κ3) is 5.31. The van der Waals surface area contributed by atoms with Gasteiger partial charge in [0.25, 0.3) is 0 Å². The molecule has 2 fully saturated rings. The molecule has 3 aliphatic heterocycles. The number of fused-ring (bicyclic) bond motifs is 1. The van der Waals surface area contributed by atoms with E-state index in [4.69, 9.17) is 18.9 Å². The summed E-state index contributed by atoms with van der Waals surface area (Å²) in [5.41, 5.74) is 0.0653. The molecule has 4 unspecified atom stereocenters. The van der Waals surface area contributed by atoms with E-state index in [2.05, 4.69) is 5.32 Å². The van der Waals surface area contributed by atoms with E-state index in [-0.39, 0.29) is 41.7 Å². The second-order valence-corrected chi connectivity index (χ2v) is 9.82. The standard InChI is InChI=1S/C22H30N2O9S/c1-6-7-30-22(29)33-13(5)32-21(28)18-19(34-14-8-15(26)23-9-14)10(2)17-16(20(27)24(17)18)11(3)31-12(4)25/h10-11,13-14,16-17H,6-9H2,1-5H3,(H,23,26)/t10-,11-,13?,14?,16?,17?/m1/s1.